The Balaban J connectivity index is 1.56. The van der Waals surface area contributed by atoms with Crippen molar-refractivity contribution in [3.05, 3.63) is 63.0 Å². The summed E-state index contributed by atoms with van der Waals surface area (Å²) in [6.07, 6.45) is 2.81. The molecule has 3 amide bonds. The van der Waals surface area contributed by atoms with Gasteiger partial charge in [-0.1, -0.05) is 24.6 Å². The van der Waals surface area contributed by atoms with Gasteiger partial charge in [0.2, 0.25) is 5.91 Å². The van der Waals surface area contributed by atoms with E-state index < -0.39 is 17.1 Å². The highest BCUT2D eigenvalue weighted by molar-refractivity contribution is 8.18. The molecule has 184 valence electrons. The van der Waals surface area contributed by atoms with Crippen LogP contribution in [0.3, 0.4) is 0 Å². The van der Waals surface area contributed by atoms with Gasteiger partial charge in [-0.2, -0.15) is 0 Å². The average Bonchev–Trinajstić information content (AvgIpc) is 3.02. The molecule has 1 N–H and O–H groups in total. The third-order valence-corrected chi connectivity index (χ3v) is 7.80. The van der Waals surface area contributed by atoms with Gasteiger partial charge in [-0.3, -0.25) is 19.3 Å². The summed E-state index contributed by atoms with van der Waals surface area (Å²) >= 11 is 6.82. The van der Waals surface area contributed by atoms with Gasteiger partial charge in [0, 0.05) is 28.5 Å². The van der Waals surface area contributed by atoms with E-state index in [2.05, 4.69) is 50.0 Å². The number of carbonyl (C=O) groups is 3. The highest BCUT2D eigenvalue weighted by Crippen LogP contribution is 2.45. The third-order valence-electron chi connectivity index (χ3n) is 6.66. The topological polar surface area (TPSA) is 69.7 Å². The van der Waals surface area contributed by atoms with Crippen LogP contribution in [0.15, 0.2) is 41.3 Å². The number of fused-ring (bicyclic) bond motifs is 1. The molecule has 2 heterocycles. The molecule has 2 aliphatic heterocycles. The summed E-state index contributed by atoms with van der Waals surface area (Å²) in [7, 11) is 0. The van der Waals surface area contributed by atoms with Gasteiger partial charge < -0.3 is 10.2 Å². The molecule has 0 spiro atoms. The second-order valence-corrected chi connectivity index (χ2v) is 11.2. The molecule has 1 fully saturated rings. The molecule has 0 aliphatic carbocycles. The van der Waals surface area contributed by atoms with Crippen LogP contribution in [0.5, 0.6) is 0 Å². The fraction of sp³-hybridized carbons (Fsp3) is 0.370. The van der Waals surface area contributed by atoms with E-state index in [1.165, 1.54) is 11.3 Å². The Bertz CT molecular complexity index is 1240. The van der Waals surface area contributed by atoms with E-state index in [0.29, 0.717) is 21.5 Å². The second-order valence-electron chi connectivity index (χ2n) is 9.76. The Labute approximate surface area is 215 Å². The van der Waals surface area contributed by atoms with Gasteiger partial charge in [0.1, 0.15) is 6.54 Å². The summed E-state index contributed by atoms with van der Waals surface area (Å²) < 4.78 is 0. The highest BCUT2D eigenvalue weighted by Gasteiger charge is 2.38. The van der Waals surface area contributed by atoms with E-state index in [4.69, 9.17) is 11.6 Å². The monoisotopic (exact) mass is 511 g/mol. The molecule has 1 saturated heterocycles. The van der Waals surface area contributed by atoms with Gasteiger partial charge in [-0.25, -0.2) is 0 Å². The fourth-order valence-corrected chi connectivity index (χ4v) is 6.11. The first-order chi connectivity index (χ1) is 16.5. The number of halogens is 1. The van der Waals surface area contributed by atoms with Crippen LogP contribution in [0.1, 0.15) is 56.7 Å². The Morgan fingerprint density at radius 1 is 1.26 bits per heavy atom. The average molecular weight is 512 g/mol. The number of carbonyl (C=O) groups excluding carboxylic acids is 3. The van der Waals surface area contributed by atoms with Crippen LogP contribution in [-0.4, -0.2) is 40.6 Å². The number of thioether (sulfide) groups is 1. The number of imide groups is 1. The number of amides is 3. The third kappa shape index (κ3) is 5.11. The number of hydrogen-bond acceptors (Lipinski definition) is 5. The number of aryl methyl sites for hydroxylation is 1. The van der Waals surface area contributed by atoms with E-state index in [-0.39, 0.29) is 12.1 Å². The first-order valence-corrected chi connectivity index (χ1v) is 12.9. The summed E-state index contributed by atoms with van der Waals surface area (Å²) in [4.78, 5) is 41.8. The minimum absolute atomic E-state index is 0.0729. The zero-order chi connectivity index (χ0) is 25.5. The number of nitrogens with one attached hydrogen (secondary N) is 1. The summed E-state index contributed by atoms with van der Waals surface area (Å²) in [6, 6.07) is 11.0. The molecule has 2 aromatic rings. The SMILES string of the molecule is CCN1c2cc(C)c(/C=C3\SC(=O)N(CC(=O)Nc4cccc(Cl)c4)C3=O)cc2C(C)CC1(C)C. The maximum absolute atomic E-state index is 13.0. The largest absolute Gasteiger partial charge is 0.366 e. The number of nitrogens with zero attached hydrogens (tertiary/aromatic N) is 2. The lowest BCUT2D eigenvalue weighted by Gasteiger charge is -2.47. The van der Waals surface area contributed by atoms with Crippen LogP contribution in [-0.2, 0) is 9.59 Å². The summed E-state index contributed by atoms with van der Waals surface area (Å²) in [5.74, 6) is -0.541. The smallest absolute Gasteiger partial charge is 0.294 e. The van der Waals surface area contributed by atoms with Crippen LogP contribution in [0.4, 0.5) is 16.2 Å². The zero-order valence-electron chi connectivity index (χ0n) is 20.6. The van der Waals surface area contributed by atoms with Crippen molar-refractivity contribution < 1.29 is 14.4 Å². The minimum atomic E-state index is -0.461. The van der Waals surface area contributed by atoms with Gasteiger partial charge in [-0.05, 0) is 105 Å². The summed E-state index contributed by atoms with van der Waals surface area (Å²) in [5.41, 5.74) is 5.02. The number of hydrogen-bond donors (Lipinski definition) is 1. The molecule has 0 bridgehead atoms. The Kier molecular flexibility index (Phi) is 7.02. The van der Waals surface area contributed by atoms with Crippen LogP contribution < -0.4 is 10.2 Å². The Morgan fingerprint density at radius 2 is 2.00 bits per heavy atom. The second kappa shape index (κ2) is 9.70. The number of anilines is 2. The standard InChI is InChI=1S/C27H30ClN3O3S/c1-6-31-22-10-16(2)18(11-21(22)17(3)14-27(31,4)5)12-23-25(33)30(26(34)35-23)15-24(32)29-20-9-7-8-19(28)13-20/h7-13,17H,6,14-15H2,1-5H3,(H,29,32)/b23-12-. The lowest BCUT2D eigenvalue weighted by Crippen LogP contribution is -2.48. The first kappa shape index (κ1) is 25.3. The van der Waals surface area contributed by atoms with Crippen LogP contribution in [0.2, 0.25) is 5.02 Å². The normalized spacial score (nSPS) is 20.4. The van der Waals surface area contributed by atoms with E-state index >= 15 is 0 Å². The van der Waals surface area contributed by atoms with Crippen molar-refractivity contribution in [2.24, 2.45) is 0 Å². The Hall–Kier alpha value is -2.77. The molecule has 35 heavy (non-hydrogen) atoms. The van der Waals surface area contributed by atoms with Gasteiger partial charge in [0.25, 0.3) is 11.1 Å². The molecule has 1 unspecified atom stereocenters. The van der Waals surface area contributed by atoms with Gasteiger partial charge >= 0.3 is 0 Å². The van der Waals surface area contributed by atoms with Crippen molar-refractivity contribution in [3.63, 3.8) is 0 Å². The number of benzene rings is 2. The first-order valence-electron chi connectivity index (χ1n) is 11.7. The minimum Gasteiger partial charge on any atom is -0.366 e. The maximum Gasteiger partial charge on any atom is 0.294 e. The lowest BCUT2D eigenvalue weighted by atomic mass is 9.79. The molecular weight excluding hydrogens is 482 g/mol. The zero-order valence-corrected chi connectivity index (χ0v) is 22.2. The predicted octanol–water partition coefficient (Wildman–Crippen LogP) is 6.44. The number of rotatable bonds is 5. The molecule has 4 rings (SSSR count). The van der Waals surface area contributed by atoms with E-state index in [0.717, 1.165) is 40.8 Å². The van der Waals surface area contributed by atoms with Crippen LogP contribution >= 0.6 is 23.4 Å². The van der Waals surface area contributed by atoms with Crippen LogP contribution in [0, 0.1) is 6.92 Å². The summed E-state index contributed by atoms with van der Waals surface area (Å²) in [5, 5.41) is 2.71. The van der Waals surface area contributed by atoms with Gasteiger partial charge in [0.15, 0.2) is 0 Å². The van der Waals surface area contributed by atoms with Crippen molar-refractivity contribution in [1.82, 2.24) is 4.90 Å². The molecule has 1 atom stereocenters. The van der Waals surface area contributed by atoms with Gasteiger partial charge in [-0.15, -0.1) is 0 Å². The van der Waals surface area contributed by atoms with E-state index in [9.17, 15) is 14.4 Å². The van der Waals surface area contributed by atoms with Crippen LogP contribution in [0.25, 0.3) is 6.08 Å². The van der Waals surface area contributed by atoms with Crippen molar-refractivity contribution in [3.8, 4) is 0 Å². The lowest BCUT2D eigenvalue weighted by molar-refractivity contribution is -0.127. The molecular formula is C27H30ClN3O3S. The van der Waals surface area contributed by atoms with Crippen molar-refractivity contribution in [2.45, 2.75) is 52.5 Å². The van der Waals surface area contributed by atoms with Crippen molar-refractivity contribution >= 4 is 57.9 Å². The molecule has 2 aromatic carbocycles. The van der Waals surface area contributed by atoms with E-state index in [1.54, 1.807) is 30.3 Å². The quantitative estimate of drug-likeness (QED) is 0.468. The maximum atomic E-state index is 13.0. The summed E-state index contributed by atoms with van der Waals surface area (Å²) in [6.45, 7) is 11.5. The van der Waals surface area contributed by atoms with Crippen molar-refractivity contribution in [1.29, 1.82) is 0 Å². The molecule has 8 heteroatoms. The van der Waals surface area contributed by atoms with Gasteiger partial charge in [0.05, 0.1) is 4.91 Å². The molecule has 0 aromatic heterocycles. The molecule has 0 radical (unpaired) electrons. The van der Waals surface area contributed by atoms with E-state index in [1.807, 2.05) is 6.92 Å². The van der Waals surface area contributed by atoms with Crippen molar-refractivity contribution in [2.75, 3.05) is 23.3 Å². The Morgan fingerprint density at radius 3 is 2.69 bits per heavy atom. The fourth-order valence-electron chi connectivity index (χ4n) is 5.09. The predicted molar refractivity (Wildman–Crippen MR) is 144 cm³/mol. The molecule has 2 aliphatic rings. The highest BCUT2D eigenvalue weighted by atomic mass is 35.5. The molecule has 0 saturated carbocycles. The molecule has 6 nitrogen and oxygen atoms in total.